The van der Waals surface area contributed by atoms with Crippen LogP contribution >= 0.6 is 12.2 Å². The van der Waals surface area contributed by atoms with Crippen molar-refractivity contribution >= 4 is 12.2 Å². The highest BCUT2D eigenvalue weighted by Gasteiger charge is 2.25. The molecule has 3 rings (SSSR count). The highest BCUT2D eigenvalue weighted by molar-refractivity contribution is 7.71. The first-order valence-corrected chi connectivity index (χ1v) is 6.92. The molecule has 0 aromatic carbocycles. The third-order valence-electron chi connectivity index (χ3n) is 3.54. The number of nitrogens with one attached hydrogen (secondary N) is 1. The number of hydrogen-bond donors (Lipinski definition) is 1. The van der Waals surface area contributed by atoms with Crippen LogP contribution in [0.25, 0.3) is 11.4 Å². The van der Waals surface area contributed by atoms with E-state index in [4.69, 9.17) is 12.2 Å². The molecule has 0 radical (unpaired) electrons. The van der Waals surface area contributed by atoms with E-state index in [-0.39, 0.29) is 0 Å². The van der Waals surface area contributed by atoms with Crippen LogP contribution in [-0.2, 0) is 6.54 Å². The molecular formula is C13H17N5S. The minimum atomic E-state index is 0.677. The maximum atomic E-state index is 5.32. The van der Waals surface area contributed by atoms with E-state index in [0.717, 1.165) is 30.5 Å². The Morgan fingerprint density at radius 1 is 1.42 bits per heavy atom. The third-order valence-corrected chi connectivity index (χ3v) is 3.85. The topological polar surface area (TPSA) is 49.7 Å². The summed E-state index contributed by atoms with van der Waals surface area (Å²) in [4.78, 5) is 6.43. The first kappa shape index (κ1) is 12.5. The molecule has 5 nitrogen and oxygen atoms in total. The SMILES string of the molecule is CN(CCn1c(-c2ccncc2)n[nH]c1=S)C1CC1. The second-order valence-corrected chi connectivity index (χ2v) is 5.34. The Morgan fingerprint density at radius 3 is 2.84 bits per heavy atom. The van der Waals surface area contributed by atoms with Crippen LogP contribution in [0.3, 0.4) is 0 Å². The van der Waals surface area contributed by atoms with Gasteiger partial charge in [-0.25, -0.2) is 0 Å². The predicted octanol–water partition coefficient (Wildman–Crippen LogP) is 2.10. The summed E-state index contributed by atoms with van der Waals surface area (Å²) < 4.78 is 2.74. The van der Waals surface area contributed by atoms with Crippen LogP contribution in [0.5, 0.6) is 0 Å². The van der Waals surface area contributed by atoms with Crippen molar-refractivity contribution in [2.24, 2.45) is 0 Å². The van der Waals surface area contributed by atoms with Crippen LogP contribution in [0, 0.1) is 4.77 Å². The van der Waals surface area contributed by atoms with Gasteiger partial charge in [0.1, 0.15) is 0 Å². The number of H-pyrrole nitrogens is 1. The Morgan fingerprint density at radius 2 is 2.16 bits per heavy atom. The molecular weight excluding hydrogens is 258 g/mol. The molecule has 1 saturated carbocycles. The van der Waals surface area contributed by atoms with Gasteiger partial charge in [-0.1, -0.05) is 0 Å². The lowest BCUT2D eigenvalue weighted by Crippen LogP contribution is -2.25. The molecule has 100 valence electrons. The summed E-state index contributed by atoms with van der Waals surface area (Å²) in [6, 6.07) is 4.67. The zero-order valence-electron chi connectivity index (χ0n) is 10.9. The van der Waals surface area contributed by atoms with E-state index in [2.05, 4.69) is 31.7 Å². The Balaban J connectivity index is 1.80. The number of hydrogen-bond acceptors (Lipinski definition) is 4. The Labute approximate surface area is 117 Å². The van der Waals surface area contributed by atoms with Crippen molar-refractivity contribution in [3.8, 4) is 11.4 Å². The van der Waals surface area contributed by atoms with E-state index < -0.39 is 0 Å². The van der Waals surface area contributed by atoms with Gasteiger partial charge in [-0.15, -0.1) is 0 Å². The molecule has 0 bridgehead atoms. The zero-order valence-corrected chi connectivity index (χ0v) is 11.7. The lowest BCUT2D eigenvalue weighted by atomic mass is 10.2. The van der Waals surface area contributed by atoms with E-state index in [1.165, 1.54) is 12.8 Å². The second-order valence-electron chi connectivity index (χ2n) is 4.95. The first-order valence-electron chi connectivity index (χ1n) is 6.51. The molecule has 1 aliphatic carbocycles. The van der Waals surface area contributed by atoms with E-state index >= 15 is 0 Å². The Bertz CT molecular complexity index is 599. The molecule has 6 heteroatoms. The summed E-state index contributed by atoms with van der Waals surface area (Å²) in [6.45, 7) is 1.86. The van der Waals surface area contributed by atoms with Crippen LogP contribution in [0.1, 0.15) is 12.8 Å². The summed E-state index contributed by atoms with van der Waals surface area (Å²) in [6.07, 6.45) is 6.19. The van der Waals surface area contributed by atoms with Crippen LogP contribution in [0.2, 0.25) is 0 Å². The molecule has 0 atom stereocenters. The van der Waals surface area contributed by atoms with Crippen molar-refractivity contribution in [2.75, 3.05) is 13.6 Å². The minimum Gasteiger partial charge on any atom is -0.302 e. The first-order chi connectivity index (χ1) is 9.25. The molecule has 0 aliphatic heterocycles. The van der Waals surface area contributed by atoms with Gasteiger partial charge in [0.05, 0.1) is 0 Å². The van der Waals surface area contributed by atoms with Gasteiger partial charge in [0, 0.05) is 37.1 Å². The molecule has 1 N–H and O–H groups in total. The average molecular weight is 275 g/mol. The third kappa shape index (κ3) is 2.74. The van der Waals surface area contributed by atoms with Gasteiger partial charge in [0.2, 0.25) is 0 Å². The summed E-state index contributed by atoms with van der Waals surface area (Å²) in [7, 11) is 2.17. The fourth-order valence-electron chi connectivity index (χ4n) is 2.20. The fourth-order valence-corrected chi connectivity index (χ4v) is 2.43. The van der Waals surface area contributed by atoms with Gasteiger partial charge in [0.15, 0.2) is 10.6 Å². The number of nitrogens with zero attached hydrogens (tertiary/aromatic N) is 4. The van der Waals surface area contributed by atoms with Crippen molar-refractivity contribution in [1.82, 2.24) is 24.6 Å². The molecule has 0 saturated heterocycles. The summed E-state index contributed by atoms with van der Waals surface area (Å²) in [5, 5.41) is 7.21. The minimum absolute atomic E-state index is 0.677. The number of rotatable bonds is 5. The van der Waals surface area contributed by atoms with Gasteiger partial charge in [-0.2, -0.15) is 5.10 Å². The number of pyridine rings is 1. The molecule has 0 spiro atoms. The highest BCUT2D eigenvalue weighted by atomic mass is 32.1. The quantitative estimate of drug-likeness (QED) is 0.849. The number of aromatic amines is 1. The van der Waals surface area contributed by atoms with Crippen LogP contribution in [-0.4, -0.2) is 44.3 Å². The van der Waals surface area contributed by atoms with Crippen LogP contribution < -0.4 is 0 Å². The Kier molecular flexibility index (Phi) is 3.44. The molecule has 1 fully saturated rings. The summed E-state index contributed by atoms with van der Waals surface area (Å²) >= 11 is 5.32. The van der Waals surface area contributed by atoms with Gasteiger partial charge < -0.3 is 4.90 Å². The molecule has 19 heavy (non-hydrogen) atoms. The van der Waals surface area contributed by atoms with Gasteiger partial charge in [0.25, 0.3) is 0 Å². The number of likely N-dealkylation sites (N-methyl/N-ethyl adjacent to an activating group) is 1. The van der Waals surface area contributed by atoms with E-state index in [9.17, 15) is 0 Å². The standard InChI is InChI=1S/C13H17N5S/c1-17(11-2-3-11)8-9-18-12(15-16-13(18)19)10-4-6-14-7-5-10/h4-7,11H,2-3,8-9H2,1H3,(H,16,19). The maximum Gasteiger partial charge on any atom is 0.195 e. The molecule has 2 aromatic heterocycles. The smallest absolute Gasteiger partial charge is 0.195 e. The van der Waals surface area contributed by atoms with Crippen LogP contribution in [0.15, 0.2) is 24.5 Å². The highest BCUT2D eigenvalue weighted by Crippen LogP contribution is 2.25. The monoisotopic (exact) mass is 275 g/mol. The predicted molar refractivity (Wildman–Crippen MR) is 76.3 cm³/mol. The van der Waals surface area contributed by atoms with Gasteiger partial charge in [-0.3, -0.25) is 14.6 Å². The summed E-state index contributed by atoms with van der Waals surface area (Å²) in [5.41, 5.74) is 1.04. The lowest BCUT2D eigenvalue weighted by Gasteiger charge is -2.16. The molecule has 2 heterocycles. The number of aromatic nitrogens is 4. The van der Waals surface area contributed by atoms with E-state index in [1.807, 2.05) is 12.1 Å². The molecule has 0 unspecified atom stereocenters. The Hall–Kier alpha value is -1.53. The summed E-state index contributed by atoms with van der Waals surface area (Å²) in [5.74, 6) is 0.886. The largest absolute Gasteiger partial charge is 0.302 e. The van der Waals surface area contributed by atoms with E-state index in [1.54, 1.807) is 12.4 Å². The van der Waals surface area contributed by atoms with Crippen molar-refractivity contribution in [3.05, 3.63) is 29.3 Å². The van der Waals surface area contributed by atoms with Gasteiger partial charge >= 0.3 is 0 Å². The molecule has 2 aromatic rings. The average Bonchev–Trinajstić information content (AvgIpc) is 3.22. The van der Waals surface area contributed by atoms with Crippen molar-refractivity contribution in [2.45, 2.75) is 25.4 Å². The second kappa shape index (κ2) is 5.22. The van der Waals surface area contributed by atoms with Crippen molar-refractivity contribution in [1.29, 1.82) is 0 Å². The van der Waals surface area contributed by atoms with Crippen molar-refractivity contribution in [3.63, 3.8) is 0 Å². The molecule has 0 amide bonds. The zero-order chi connectivity index (χ0) is 13.2. The fraction of sp³-hybridized carbons (Fsp3) is 0.462. The van der Waals surface area contributed by atoms with Gasteiger partial charge in [-0.05, 0) is 44.2 Å². The maximum absolute atomic E-state index is 5.32. The van der Waals surface area contributed by atoms with Crippen molar-refractivity contribution < 1.29 is 0 Å². The molecule has 1 aliphatic rings. The van der Waals surface area contributed by atoms with E-state index in [0.29, 0.717) is 4.77 Å². The normalized spacial score (nSPS) is 15.1. The lowest BCUT2D eigenvalue weighted by molar-refractivity contribution is 0.309. The van der Waals surface area contributed by atoms with Crippen LogP contribution in [0.4, 0.5) is 0 Å².